The minimum atomic E-state index is 1.25. The number of aryl methyl sites for hydroxylation is 2. The van der Waals surface area contributed by atoms with Gasteiger partial charge < -0.3 is 0 Å². The van der Waals surface area contributed by atoms with Crippen LogP contribution in [0.4, 0.5) is 0 Å². The van der Waals surface area contributed by atoms with Crippen LogP contribution >= 0.6 is 68.0 Å². The van der Waals surface area contributed by atoms with Crippen molar-refractivity contribution < 1.29 is 0 Å². The summed E-state index contributed by atoms with van der Waals surface area (Å²) in [7, 11) is 0. The Morgan fingerprint density at radius 1 is 0.417 bits per heavy atom. The fourth-order valence-corrected chi connectivity index (χ4v) is 13.8. The lowest BCUT2D eigenvalue weighted by Gasteiger charge is -1.96. The van der Waals surface area contributed by atoms with Gasteiger partial charge in [-0.3, -0.25) is 0 Å². The molecule has 0 bridgehead atoms. The molecule has 0 unspecified atom stereocenters. The zero-order valence-electron chi connectivity index (χ0n) is 20.8. The smallest absolute Gasteiger partial charge is 0.0642 e. The quantitative estimate of drug-likeness (QED) is 0.141. The molecule has 1 aromatic carbocycles. The summed E-state index contributed by atoms with van der Waals surface area (Å²) in [5, 5.41) is 2.96. The van der Waals surface area contributed by atoms with E-state index >= 15 is 0 Å². The van der Waals surface area contributed by atoms with Gasteiger partial charge in [0.25, 0.3) is 0 Å². The summed E-state index contributed by atoms with van der Waals surface area (Å²) in [5.41, 5.74) is 0. The minimum absolute atomic E-state index is 1.25. The Balaban J connectivity index is 1.25. The van der Waals surface area contributed by atoms with Gasteiger partial charge in [-0.25, -0.2) is 0 Å². The van der Waals surface area contributed by atoms with E-state index in [0.29, 0.717) is 0 Å². The fourth-order valence-electron chi connectivity index (χ4n) is 5.37. The van der Waals surface area contributed by atoms with Crippen LogP contribution in [0.5, 0.6) is 0 Å². The molecule has 6 heterocycles. The second-order valence-corrected chi connectivity index (χ2v) is 16.5. The number of hydrogen-bond donors (Lipinski definition) is 0. The third kappa shape index (κ3) is 4.07. The molecule has 36 heavy (non-hydrogen) atoms. The normalized spacial score (nSPS) is 12.7. The average molecular weight is 583 g/mol. The highest BCUT2D eigenvalue weighted by molar-refractivity contribution is 7.42. The molecule has 186 valence electrons. The van der Waals surface area contributed by atoms with Gasteiger partial charge in [0, 0.05) is 39.3 Å². The van der Waals surface area contributed by atoms with E-state index in [0.717, 1.165) is 0 Å². The van der Waals surface area contributed by atoms with Crippen molar-refractivity contribution in [2.24, 2.45) is 0 Å². The van der Waals surface area contributed by atoms with Crippen molar-refractivity contribution in [3.05, 3.63) is 34.0 Å². The molecule has 0 spiro atoms. The van der Waals surface area contributed by atoms with Crippen LogP contribution in [0, 0.1) is 0 Å². The van der Waals surface area contributed by atoms with Crippen LogP contribution in [0.15, 0.2) is 24.3 Å². The summed E-state index contributed by atoms with van der Waals surface area (Å²) in [6, 6.07) is 10.00. The van der Waals surface area contributed by atoms with Crippen LogP contribution in [0.2, 0.25) is 0 Å². The molecule has 0 atom stereocenters. The molecule has 0 amide bonds. The highest BCUT2D eigenvalue weighted by Gasteiger charge is 2.19. The first kappa shape index (κ1) is 24.1. The summed E-state index contributed by atoms with van der Waals surface area (Å²) in [5.74, 6) is 0. The molecule has 0 saturated carbocycles. The van der Waals surface area contributed by atoms with Crippen LogP contribution < -0.4 is 0 Å². The van der Waals surface area contributed by atoms with E-state index in [9.17, 15) is 0 Å². The second kappa shape index (κ2) is 9.94. The van der Waals surface area contributed by atoms with Gasteiger partial charge in [-0.1, -0.05) is 52.4 Å². The molecule has 0 saturated heterocycles. The number of unbranched alkanes of at least 4 members (excludes halogenated alkanes) is 6. The summed E-state index contributed by atoms with van der Waals surface area (Å²) >= 11 is 12.2. The van der Waals surface area contributed by atoms with Crippen LogP contribution in [-0.4, -0.2) is 0 Å². The first-order chi connectivity index (χ1) is 17.7. The van der Waals surface area contributed by atoms with E-state index in [1.807, 2.05) is 45.3 Å². The molecule has 0 aliphatic carbocycles. The number of rotatable bonds is 10. The lowest BCUT2D eigenvalue weighted by molar-refractivity contribution is 0.670. The monoisotopic (exact) mass is 582 g/mol. The van der Waals surface area contributed by atoms with Gasteiger partial charge in [0.15, 0.2) is 0 Å². The summed E-state index contributed by atoms with van der Waals surface area (Å²) in [4.78, 5) is 3.16. The van der Waals surface area contributed by atoms with Gasteiger partial charge in [0.05, 0.1) is 28.2 Å². The molecular formula is C30H30S6. The van der Waals surface area contributed by atoms with Crippen LogP contribution in [0.1, 0.15) is 75.0 Å². The van der Waals surface area contributed by atoms with Gasteiger partial charge in [-0.2, -0.15) is 0 Å². The first-order valence-electron chi connectivity index (χ1n) is 13.4. The van der Waals surface area contributed by atoms with E-state index in [4.69, 9.17) is 0 Å². The Labute approximate surface area is 236 Å². The molecule has 0 aliphatic heterocycles. The van der Waals surface area contributed by atoms with Gasteiger partial charge >= 0.3 is 0 Å². The molecule has 6 heteroatoms. The molecule has 6 aromatic heterocycles. The zero-order valence-corrected chi connectivity index (χ0v) is 25.7. The lowest BCUT2D eigenvalue weighted by atomic mass is 10.1. The van der Waals surface area contributed by atoms with Gasteiger partial charge in [-0.15, -0.1) is 68.0 Å². The van der Waals surface area contributed by atoms with Crippen LogP contribution in [0.25, 0.3) is 57.8 Å². The van der Waals surface area contributed by atoms with E-state index in [-0.39, 0.29) is 0 Å². The maximum atomic E-state index is 2.51. The van der Waals surface area contributed by atoms with Gasteiger partial charge in [0.2, 0.25) is 0 Å². The molecule has 7 rings (SSSR count). The number of fused-ring (bicyclic) bond motifs is 10. The Morgan fingerprint density at radius 3 is 1.31 bits per heavy atom. The van der Waals surface area contributed by atoms with Crippen molar-refractivity contribution in [1.29, 1.82) is 0 Å². The molecule has 0 nitrogen and oxygen atoms in total. The maximum absolute atomic E-state index is 2.51. The number of thiophene rings is 6. The third-order valence-corrected chi connectivity index (χ3v) is 15.2. The average Bonchev–Trinajstić information content (AvgIpc) is 3.68. The summed E-state index contributed by atoms with van der Waals surface area (Å²) < 4.78 is 15.1. The summed E-state index contributed by atoms with van der Waals surface area (Å²) in [6.45, 7) is 4.59. The minimum Gasteiger partial charge on any atom is -0.138 e. The van der Waals surface area contributed by atoms with Crippen molar-refractivity contribution in [3.8, 4) is 0 Å². The Hall–Kier alpha value is -1.02. The molecule has 0 radical (unpaired) electrons. The number of benzene rings is 1. The topological polar surface area (TPSA) is 0 Å². The fraction of sp³-hybridized carbons (Fsp3) is 0.400. The van der Waals surface area contributed by atoms with Crippen molar-refractivity contribution in [2.75, 3.05) is 0 Å². The van der Waals surface area contributed by atoms with Crippen molar-refractivity contribution in [3.63, 3.8) is 0 Å². The van der Waals surface area contributed by atoms with Crippen molar-refractivity contribution in [2.45, 2.75) is 78.1 Å². The Morgan fingerprint density at radius 2 is 0.861 bits per heavy atom. The van der Waals surface area contributed by atoms with E-state index in [1.54, 1.807) is 19.2 Å². The first-order valence-corrected chi connectivity index (χ1v) is 18.3. The number of hydrogen-bond acceptors (Lipinski definition) is 6. The van der Waals surface area contributed by atoms with Crippen molar-refractivity contribution >= 4 is 126 Å². The molecule has 0 N–H and O–H groups in total. The SMILES string of the molecule is CCCCCCc1cc2sc3c4cc5sc6c7sc(CCCCCC)cc7sc6c5cc4sc3c2s1. The third-order valence-electron chi connectivity index (χ3n) is 7.30. The molecule has 7 aromatic rings. The molecule has 0 aliphatic rings. The molecule has 0 fully saturated rings. The largest absolute Gasteiger partial charge is 0.138 e. The highest BCUT2D eigenvalue weighted by Crippen LogP contribution is 2.52. The van der Waals surface area contributed by atoms with Crippen molar-refractivity contribution in [1.82, 2.24) is 0 Å². The Kier molecular flexibility index (Phi) is 6.64. The predicted octanol–water partition coefficient (Wildman–Crippen LogP) is 13.2. The second-order valence-electron chi connectivity index (χ2n) is 10.0. The highest BCUT2D eigenvalue weighted by atomic mass is 32.1. The van der Waals surface area contributed by atoms with Crippen LogP contribution in [-0.2, 0) is 12.8 Å². The van der Waals surface area contributed by atoms with E-state index < -0.39 is 0 Å². The van der Waals surface area contributed by atoms with E-state index in [2.05, 4.69) is 60.8 Å². The molecular weight excluding hydrogens is 553 g/mol. The van der Waals surface area contributed by atoms with Gasteiger partial charge in [-0.05, 0) is 49.9 Å². The van der Waals surface area contributed by atoms with E-state index in [1.165, 1.54) is 113 Å². The maximum Gasteiger partial charge on any atom is 0.0642 e. The standard InChI is InChI=1S/C30H30S6/c1-3-5-7-9-11-17-13-23-27(31-17)29-25(35-23)19-15-22-20(16-21(19)33-29)26-30(34-22)28-24(36-26)14-18(32-28)12-10-8-6-4-2/h13-16H,3-12H2,1-2H3. The Bertz CT molecular complexity index is 1690. The predicted molar refractivity (Wildman–Crippen MR) is 174 cm³/mol. The van der Waals surface area contributed by atoms with Gasteiger partial charge in [0.1, 0.15) is 0 Å². The van der Waals surface area contributed by atoms with Crippen LogP contribution in [0.3, 0.4) is 0 Å². The summed E-state index contributed by atoms with van der Waals surface area (Å²) in [6.07, 6.45) is 13.3. The zero-order chi connectivity index (χ0) is 24.2. The lowest BCUT2D eigenvalue weighted by Crippen LogP contribution is -1.80.